The number of nitrogens with one attached hydrogen (secondary N) is 1. The number of aryl methyl sites for hydroxylation is 2. The lowest BCUT2D eigenvalue weighted by Gasteiger charge is -2.36. The highest BCUT2D eigenvalue weighted by molar-refractivity contribution is 5.96. The van der Waals surface area contributed by atoms with Crippen LogP contribution in [0.15, 0.2) is 22.9 Å². The number of hydrogen-bond donors (Lipinski definition) is 1. The Hall–Kier alpha value is -2.41. The van der Waals surface area contributed by atoms with Gasteiger partial charge in [-0.15, -0.1) is 0 Å². The Morgan fingerprint density at radius 1 is 1.28 bits per heavy atom. The third-order valence-electron chi connectivity index (χ3n) is 4.27. The molecule has 1 aliphatic heterocycles. The van der Waals surface area contributed by atoms with Crippen molar-refractivity contribution < 1.29 is 14.1 Å². The van der Waals surface area contributed by atoms with E-state index in [1.807, 2.05) is 12.1 Å². The molecule has 3 heterocycles. The first-order valence-corrected chi connectivity index (χ1v) is 8.50. The molecule has 3 rings (SSSR count). The van der Waals surface area contributed by atoms with Crippen LogP contribution in [0.3, 0.4) is 0 Å². The second-order valence-corrected chi connectivity index (χ2v) is 6.57. The van der Waals surface area contributed by atoms with Crippen molar-refractivity contribution in [1.29, 1.82) is 0 Å². The van der Waals surface area contributed by atoms with Gasteiger partial charge in [-0.05, 0) is 39.3 Å². The average Bonchev–Trinajstić information content (AvgIpc) is 2.91. The van der Waals surface area contributed by atoms with Crippen LogP contribution >= 0.6 is 0 Å². The monoisotopic (exact) mass is 344 g/mol. The van der Waals surface area contributed by atoms with Crippen LogP contribution in [0.2, 0.25) is 0 Å². The van der Waals surface area contributed by atoms with E-state index in [1.54, 1.807) is 20.0 Å². The van der Waals surface area contributed by atoms with E-state index >= 15 is 0 Å². The van der Waals surface area contributed by atoms with Gasteiger partial charge in [-0.1, -0.05) is 11.2 Å². The number of hydrogen-bond acceptors (Lipinski definition) is 6. The fourth-order valence-electron chi connectivity index (χ4n) is 3.15. The number of rotatable bonds is 4. The zero-order valence-electron chi connectivity index (χ0n) is 15.1. The fourth-order valence-corrected chi connectivity index (χ4v) is 3.15. The summed E-state index contributed by atoms with van der Waals surface area (Å²) in [4.78, 5) is 19.0. The van der Waals surface area contributed by atoms with Crippen molar-refractivity contribution in [2.24, 2.45) is 0 Å². The van der Waals surface area contributed by atoms with Crippen molar-refractivity contribution >= 4 is 11.7 Å². The van der Waals surface area contributed by atoms with Gasteiger partial charge in [0.2, 0.25) is 0 Å². The molecule has 1 saturated heterocycles. The number of morpholine rings is 1. The third-order valence-corrected chi connectivity index (χ3v) is 4.27. The molecule has 2 aromatic rings. The SMILES string of the molecule is Cc1noc(C)c1C(=O)NCc1ccc(N2C[C@@H](C)O[C@@H](C)C2)nc1. The summed E-state index contributed by atoms with van der Waals surface area (Å²) in [7, 11) is 0. The Bertz CT molecular complexity index is 712. The molecule has 0 spiro atoms. The lowest BCUT2D eigenvalue weighted by atomic mass is 10.2. The minimum Gasteiger partial charge on any atom is -0.372 e. The van der Waals surface area contributed by atoms with Gasteiger partial charge in [0.15, 0.2) is 0 Å². The molecule has 2 atom stereocenters. The summed E-state index contributed by atoms with van der Waals surface area (Å²) >= 11 is 0. The van der Waals surface area contributed by atoms with Crippen LogP contribution in [-0.2, 0) is 11.3 Å². The van der Waals surface area contributed by atoms with Gasteiger partial charge in [-0.2, -0.15) is 0 Å². The Labute approximate surface area is 147 Å². The maximum atomic E-state index is 12.3. The van der Waals surface area contributed by atoms with Crippen molar-refractivity contribution in [1.82, 2.24) is 15.5 Å². The zero-order valence-corrected chi connectivity index (χ0v) is 15.1. The van der Waals surface area contributed by atoms with E-state index in [0.717, 1.165) is 24.5 Å². The molecule has 0 bridgehead atoms. The molecule has 1 amide bonds. The molecule has 134 valence electrons. The van der Waals surface area contributed by atoms with Gasteiger partial charge >= 0.3 is 0 Å². The molecule has 7 heteroatoms. The molecule has 0 saturated carbocycles. The summed E-state index contributed by atoms with van der Waals surface area (Å²) in [5, 5.41) is 6.69. The number of carbonyl (C=O) groups excluding carboxylic acids is 1. The maximum absolute atomic E-state index is 12.3. The van der Waals surface area contributed by atoms with E-state index in [1.165, 1.54) is 0 Å². The maximum Gasteiger partial charge on any atom is 0.257 e. The van der Waals surface area contributed by atoms with Crippen molar-refractivity contribution in [2.75, 3.05) is 18.0 Å². The van der Waals surface area contributed by atoms with E-state index in [4.69, 9.17) is 9.26 Å². The number of aromatic nitrogens is 2. The predicted molar refractivity (Wildman–Crippen MR) is 93.6 cm³/mol. The van der Waals surface area contributed by atoms with Gasteiger partial charge in [-0.25, -0.2) is 4.98 Å². The van der Waals surface area contributed by atoms with Crippen molar-refractivity contribution in [2.45, 2.75) is 46.4 Å². The van der Waals surface area contributed by atoms with Crippen molar-refractivity contribution in [3.8, 4) is 0 Å². The Balaban J connectivity index is 1.60. The minimum atomic E-state index is -0.184. The van der Waals surface area contributed by atoms with Gasteiger partial charge in [0, 0.05) is 25.8 Å². The second-order valence-electron chi connectivity index (χ2n) is 6.57. The molecule has 0 unspecified atom stereocenters. The smallest absolute Gasteiger partial charge is 0.257 e. The average molecular weight is 344 g/mol. The molecular formula is C18H24N4O3. The van der Waals surface area contributed by atoms with Gasteiger partial charge in [0.05, 0.1) is 17.9 Å². The largest absolute Gasteiger partial charge is 0.372 e. The molecule has 1 fully saturated rings. The highest BCUT2D eigenvalue weighted by Gasteiger charge is 2.23. The molecule has 0 aromatic carbocycles. The van der Waals surface area contributed by atoms with Gasteiger partial charge < -0.3 is 19.5 Å². The summed E-state index contributed by atoms with van der Waals surface area (Å²) in [6, 6.07) is 3.98. The number of carbonyl (C=O) groups is 1. The normalized spacial score (nSPS) is 20.6. The molecule has 0 aliphatic carbocycles. The van der Waals surface area contributed by atoms with E-state index in [2.05, 4.69) is 34.2 Å². The molecule has 2 aromatic heterocycles. The first kappa shape index (κ1) is 17.4. The van der Waals surface area contributed by atoms with Gasteiger partial charge in [-0.3, -0.25) is 4.79 Å². The van der Waals surface area contributed by atoms with Crippen LogP contribution in [0.25, 0.3) is 0 Å². The molecule has 25 heavy (non-hydrogen) atoms. The summed E-state index contributed by atoms with van der Waals surface area (Å²) in [6.45, 7) is 9.70. The molecule has 1 aliphatic rings. The quantitative estimate of drug-likeness (QED) is 0.916. The summed E-state index contributed by atoms with van der Waals surface area (Å²) in [5.41, 5.74) is 2.04. The third kappa shape index (κ3) is 3.99. The fraction of sp³-hybridized carbons (Fsp3) is 0.500. The van der Waals surface area contributed by atoms with Gasteiger partial charge in [0.1, 0.15) is 17.1 Å². The van der Waals surface area contributed by atoms with E-state index < -0.39 is 0 Å². The van der Waals surface area contributed by atoms with E-state index in [0.29, 0.717) is 23.6 Å². The Morgan fingerprint density at radius 2 is 2.00 bits per heavy atom. The Morgan fingerprint density at radius 3 is 2.56 bits per heavy atom. The first-order chi connectivity index (χ1) is 11.9. The lowest BCUT2D eigenvalue weighted by Crippen LogP contribution is -2.45. The number of anilines is 1. The van der Waals surface area contributed by atoms with E-state index in [9.17, 15) is 4.79 Å². The zero-order chi connectivity index (χ0) is 18.0. The number of nitrogens with zero attached hydrogens (tertiary/aromatic N) is 3. The number of ether oxygens (including phenoxy) is 1. The van der Waals surface area contributed by atoms with Crippen LogP contribution < -0.4 is 10.2 Å². The molecule has 1 N–H and O–H groups in total. The van der Waals surface area contributed by atoms with Crippen molar-refractivity contribution in [3.05, 3.63) is 40.9 Å². The lowest BCUT2D eigenvalue weighted by molar-refractivity contribution is -0.00546. The minimum absolute atomic E-state index is 0.184. The number of amides is 1. The van der Waals surface area contributed by atoms with Crippen LogP contribution in [0.1, 0.15) is 41.2 Å². The predicted octanol–water partition coefficient (Wildman–Crippen LogP) is 2.23. The standard InChI is InChI=1S/C18H24N4O3/c1-11-9-22(10-12(2)24-11)16-6-5-15(7-19-16)8-20-18(23)17-13(3)21-25-14(17)4/h5-7,11-12H,8-10H2,1-4H3,(H,20,23)/t11-,12+. The summed E-state index contributed by atoms with van der Waals surface area (Å²) < 4.78 is 10.8. The van der Waals surface area contributed by atoms with E-state index in [-0.39, 0.29) is 18.1 Å². The summed E-state index contributed by atoms with van der Waals surface area (Å²) in [5.74, 6) is 1.28. The van der Waals surface area contributed by atoms with Crippen LogP contribution in [0, 0.1) is 13.8 Å². The van der Waals surface area contributed by atoms with Crippen LogP contribution in [-0.4, -0.2) is 41.3 Å². The summed E-state index contributed by atoms with van der Waals surface area (Å²) in [6.07, 6.45) is 2.19. The van der Waals surface area contributed by atoms with Crippen LogP contribution in [0.4, 0.5) is 5.82 Å². The highest BCUT2D eigenvalue weighted by atomic mass is 16.5. The second kappa shape index (κ2) is 7.23. The highest BCUT2D eigenvalue weighted by Crippen LogP contribution is 2.18. The molecule has 0 radical (unpaired) electrons. The Kier molecular flexibility index (Phi) is 5.03. The van der Waals surface area contributed by atoms with Gasteiger partial charge in [0.25, 0.3) is 5.91 Å². The first-order valence-electron chi connectivity index (χ1n) is 8.50. The number of pyridine rings is 1. The molecular weight excluding hydrogens is 320 g/mol. The van der Waals surface area contributed by atoms with Crippen LogP contribution in [0.5, 0.6) is 0 Å². The van der Waals surface area contributed by atoms with Crippen molar-refractivity contribution in [3.63, 3.8) is 0 Å². The topological polar surface area (TPSA) is 80.5 Å². The molecule has 7 nitrogen and oxygen atoms in total.